The van der Waals surface area contributed by atoms with E-state index in [1.807, 2.05) is 30.3 Å². The monoisotopic (exact) mass is 732 g/mol. The average Bonchev–Trinajstić information content (AvgIpc) is 3.96. The SMILES string of the molecule is C1=CC2c3cc(-c4nc(-c5cccc(-c6ccccc6)c5)nc(-c5ccc6c(c5)oc5ccccc56)n4)ccc3OC2c2c1n(-c1ccccc1)c1ccccc21. The van der Waals surface area contributed by atoms with Gasteiger partial charge in [0.25, 0.3) is 0 Å². The maximum Gasteiger partial charge on any atom is 0.164 e. The molecule has 6 heteroatoms. The predicted molar refractivity (Wildman–Crippen MR) is 227 cm³/mol. The Morgan fingerprint density at radius 1 is 0.474 bits per heavy atom. The molecule has 0 N–H and O–H groups in total. The summed E-state index contributed by atoms with van der Waals surface area (Å²) < 4.78 is 15.5. The van der Waals surface area contributed by atoms with Crippen molar-refractivity contribution in [2.24, 2.45) is 0 Å². The number of fused-ring (bicyclic) bond motifs is 10. The van der Waals surface area contributed by atoms with Gasteiger partial charge in [-0.1, -0.05) is 115 Å². The van der Waals surface area contributed by atoms with Crippen molar-refractivity contribution in [3.05, 3.63) is 193 Å². The van der Waals surface area contributed by atoms with Crippen LogP contribution in [0.3, 0.4) is 0 Å². The number of para-hydroxylation sites is 3. The van der Waals surface area contributed by atoms with E-state index in [9.17, 15) is 0 Å². The summed E-state index contributed by atoms with van der Waals surface area (Å²) in [6.07, 6.45) is 4.40. The average molecular weight is 733 g/mol. The highest BCUT2D eigenvalue weighted by Crippen LogP contribution is 2.53. The Kier molecular flexibility index (Phi) is 6.95. The first-order valence-corrected chi connectivity index (χ1v) is 19.3. The summed E-state index contributed by atoms with van der Waals surface area (Å²) in [5, 5.41) is 3.35. The molecule has 0 saturated heterocycles. The van der Waals surface area contributed by atoms with E-state index in [1.54, 1.807) is 0 Å². The zero-order valence-electron chi connectivity index (χ0n) is 30.6. The van der Waals surface area contributed by atoms with Crippen LogP contribution in [0.15, 0.2) is 180 Å². The van der Waals surface area contributed by atoms with Crippen LogP contribution in [0.1, 0.15) is 28.8 Å². The van der Waals surface area contributed by atoms with Crippen LogP contribution in [-0.2, 0) is 0 Å². The topological polar surface area (TPSA) is 66.0 Å². The first-order valence-electron chi connectivity index (χ1n) is 19.3. The molecule has 0 fully saturated rings. The number of hydrogen-bond donors (Lipinski definition) is 0. The van der Waals surface area contributed by atoms with Crippen LogP contribution in [0.2, 0.25) is 0 Å². The maximum atomic E-state index is 6.86. The summed E-state index contributed by atoms with van der Waals surface area (Å²) in [6, 6.07) is 58.6. The number of ether oxygens (including phenoxy) is 1. The van der Waals surface area contributed by atoms with Gasteiger partial charge in [-0.3, -0.25) is 0 Å². The van der Waals surface area contributed by atoms with E-state index in [0.717, 1.165) is 72.5 Å². The number of hydrogen-bond acceptors (Lipinski definition) is 5. The standard InChI is InChI=1S/C51H32N4O2/c1-3-12-31(13-4-1)32-14-11-15-33(28-32)49-52-50(54-51(53-49)35-22-24-38-37-18-8-10-21-44(37)56-46(38)30-35)34-23-27-45-41(29-34)39-25-26-43-47(48(39)57-45)40-19-7-9-20-42(40)55(43)36-16-5-2-6-17-36/h1-30,39,48H. The molecule has 6 nitrogen and oxygen atoms in total. The minimum absolute atomic E-state index is 0.0290. The molecule has 0 amide bonds. The van der Waals surface area contributed by atoms with Crippen LogP contribution in [0.25, 0.3) is 89.9 Å². The molecular formula is C51H32N4O2. The molecule has 12 rings (SSSR count). The minimum atomic E-state index is -0.161. The predicted octanol–water partition coefficient (Wildman–Crippen LogP) is 12.6. The summed E-state index contributed by atoms with van der Waals surface area (Å²) in [7, 11) is 0. The first-order chi connectivity index (χ1) is 28.2. The van der Waals surface area contributed by atoms with Gasteiger partial charge in [-0.15, -0.1) is 0 Å². The third-order valence-corrected chi connectivity index (χ3v) is 11.4. The lowest BCUT2D eigenvalue weighted by molar-refractivity contribution is 0.224. The van der Waals surface area contributed by atoms with Gasteiger partial charge >= 0.3 is 0 Å². The lowest BCUT2D eigenvalue weighted by atomic mass is 9.85. The van der Waals surface area contributed by atoms with Crippen molar-refractivity contribution in [3.63, 3.8) is 0 Å². The Bertz CT molecular complexity index is 3240. The molecule has 2 unspecified atom stereocenters. The van der Waals surface area contributed by atoms with Gasteiger partial charge in [-0.2, -0.15) is 0 Å². The van der Waals surface area contributed by atoms with Crippen LogP contribution in [-0.4, -0.2) is 19.5 Å². The number of benzene rings is 7. The van der Waals surface area contributed by atoms with Crippen molar-refractivity contribution in [1.82, 2.24) is 19.5 Å². The molecule has 3 aromatic heterocycles. The normalized spacial score (nSPS) is 15.4. The first kappa shape index (κ1) is 31.7. The zero-order valence-corrected chi connectivity index (χ0v) is 30.6. The summed E-state index contributed by atoms with van der Waals surface area (Å²) in [5.41, 5.74) is 12.3. The Balaban J connectivity index is 0.989. The molecule has 57 heavy (non-hydrogen) atoms. The molecule has 4 heterocycles. The number of aromatic nitrogens is 4. The fraction of sp³-hybridized carbons (Fsp3) is 0.0392. The highest BCUT2D eigenvalue weighted by atomic mass is 16.5. The van der Waals surface area contributed by atoms with E-state index in [2.05, 4.69) is 156 Å². The minimum Gasteiger partial charge on any atom is -0.484 e. The molecule has 10 aromatic rings. The molecule has 0 radical (unpaired) electrons. The van der Waals surface area contributed by atoms with Crippen molar-refractivity contribution in [2.45, 2.75) is 12.0 Å². The van der Waals surface area contributed by atoms with E-state index in [1.165, 1.54) is 16.5 Å². The Labute approximate surface area is 328 Å². The molecule has 7 aromatic carbocycles. The summed E-state index contributed by atoms with van der Waals surface area (Å²) in [5.74, 6) is 2.68. The third kappa shape index (κ3) is 5.07. The van der Waals surface area contributed by atoms with Crippen LogP contribution in [0.4, 0.5) is 0 Å². The molecular weight excluding hydrogens is 701 g/mol. The van der Waals surface area contributed by atoms with E-state index in [4.69, 9.17) is 24.1 Å². The lowest BCUT2D eigenvalue weighted by Gasteiger charge is -2.22. The van der Waals surface area contributed by atoms with Crippen LogP contribution in [0.5, 0.6) is 5.75 Å². The smallest absolute Gasteiger partial charge is 0.164 e. The second-order valence-corrected chi connectivity index (χ2v) is 14.7. The third-order valence-electron chi connectivity index (χ3n) is 11.4. The fourth-order valence-corrected chi connectivity index (χ4v) is 8.77. The molecule has 1 aliphatic heterocycles. The Morgan fingerprint density at radius 3 is 1.93 bits per heavy atom. The number of nitrogens with zero attached hydrogens (tertiary/aromatic N) is 4. The van der Waals surface area contributed by atoms with E-state index in [-0.39, 0.29) is 12.0 Å². The van der Waals surface area contributed by atoms with E-state index >= 15 is 0 Å². The van der Waals surface area contributed by atoms with Crippen molar-refractivity contribution >= 4 is 38.9 Å². The van der Waals surface area contributed by atoms with Crippen molar-refractivity contribution < 1.29 is 9.15 Å². The van der Waals surface area contributed by atoms with Crippen LogP contribution < -0.4 is 4.74 Å². The van der Waals surface area contributed by atoms with Gasteiger partial charge in [-0.25, -0.2) is 15.0 Å². The van der Waals surface area contributed by atoms with E-state index < -0.39 is 0 Å². The van der Waals surface area contributed by atoms with Crippen LogP contribution in [0, 0.1) is 0 Å². The summed E-state index contributed by atoms with van der Waals surface area (Å²) in [6.45, 7) is 0. The number of rotatable bonds is 5. The van der Waals surface area contributed by atoms with Crippen molar-refractivity contribution in [1.29, 1.82) is 0 Å². The molecule has 2 atom stereocenters. The van der Waals surface area contributed by atoms with E-state index in [0.29, 0.717) is 17.5 Å². The molecule has 2 aliphatic rings. The number of furan rings is 1. The largest absolute Gasteiger partial charge is 0.484 e. The Morgan fingerprint density at radius 2 is 1.11 bits per heavy atom. The Hall–Kier alpha value is -7.57. The zero-order chi connectivity index (χ0) is 37.5. The molecule has 0 spiro atoms. The molecule has 0 saturated carbocycles. The quantitative estimate of drug-likeness (QED) is 0.176. The van der Waals surface area contributed by atoms with Crippen molar-refractivity contribution in [3.8, 4) is 56.7 Å². The molecule has 268 valence electrons. The fourth-order valence-electron chi connectivity index (χ4n) is 8.77. The second-order valence-electron chi connectivity index (χ2n) is 14.7. The highest BCUT2D eigenvalue weighted by molar-refractivity contribution is 6.05. The van der Waals surface area contributed by atoms with Gasteiger partial charge in [0.2, 0.25) is 0 Å². The molecule has 0 bridgehead atoms. The summed E-state index contributed by atoms with van der Waals surface area (Å²) >= 11 is 0. The van der Waals surface area contributed by atoms with Crippen molar-refractivity contribution in [2.75, 3.05) is 0 Å². The van der Waals surface area contributed by atoms with Gasteiger partial charge in [0.15, 0.2) is 17.5 Å². The highest BCUT2D eigenvalue weighted by Gasteiger charge is 2.40. The van der Waals surface area contributed by atoms with Gasteiger partial charge in [0.05, 0.1) is 11.2 Å². The van der Waals surface area contributed by atoms with Crippen LogP contribution >= 0.6 is 0 Å². The second kappa shape index (κ2) is 12.5. The van der Waals surface area contributed by atoms with Gasteiger partial charge in [-0.05, 0) is 77.9 Å². The maximum absolute atomic E-state index is 6.86. The van der Waals surface area contributed by atoms with Gasteiger partial charge < -0.3 is 13.7 Å². The lowest BCUT2D eigenvalue weighted by Crippen LogP contribution is -2.13. The summed E-state index contributed by atoms with van der Waals surface area (Å²) in [4.78, 5) is 15.4. The molecule has 1 aliphatic carbocycles. The van der Waals surface area contributed by atoms with Gasteiger partial charge in [0, 0.05) is 55.6 Å². The van der Waals surface area contributed by atoms with Gasteiger partial charge in [0.1, 0.15) is 23.0 Å².